The Kier molecular flexibility index (Phi) is 3.35. The van der Waals surface area contributed by atoms with Crippen molar-refractivity contribution in [3.05, 3.63) is 52.8 Å². The molecule has 21 heavy (non-hydrogen) atoms. The Morgan fingerprint density at radius 2 is 2.24 bits per heavy atom. The minimum atomic E-state index is -0.445. The summed E-state index contributed by atoms with van der Waals surface area (Å²) >= 11 is 0. The standard InChI is InChI=1S/C15H14N3O3/c1-2-7-17-8-3-4-11(10-17)15-16-13-6-5-12(18(19)20)9-14(13)21-15/h3-6,8-10H,2,7H2,1H3/q+1. The van der Waals surface area contributed by atoms with E-state index in [1.54, 1.807) is 6.07 Å². The van der Waals surface area contributed by atoms with Gasteiger partial charge in [0, 0.05) is 18.6 Å². The minimum Gasteiger partial charge on any atom is -0.436 e. The molecule has 0 unspecified atom stereocenters. The van der Waals surface area contributed by atoms with Crippen LogP contribution in [0.4, 0.5) is 5.69 Å². The highest BCUT2D eigenvalue weighted by Gasteiger charge is 2.14. The van der Waals surface area contributed by atoms with Crippen molar-refractivity contribution in [3.63, 3.8) is 0 Å². The SMILES string of the molecule is CCC[n+]1cccc(-c2nc3ccc([N+](=O)[O-])cc3o2)c1. The Bertz CT molecular complexity index is 811. The van der Waals surface area contributed by atoms with Gasteiger partial charge in [0.15, 0.2) is 18.0 Å². The summed E-state index contributed by atoms with van der Waals surface area (Å²) in [6, 6.07) is 8.27. The van der Waals surface area contributed by atoms with Crippen LogP contribution in [0.1, 0.15) is 13.3 Å². The number of nitro groups is 1. The number of fused-ring (bicyclic) bond motifs is 1. The summed E-state index contributed by atoms with van der Waals surface area (Å²) in [6.45, 7) is 3.03. The number of rotatable bonds is 4. The lowest BCUT2D eigenvalue weighted by Gasteiger charge is -1.95. The third-order valence-electron chi connectivity index (χ3n) is 3.17. The van der Waals surface area contributed by atoms with Gasteiger partial charge < -0.3 is 4.42 Å². The largest absolute Gasteiger partial charge is 0.436 e. The lowest BCUT2D eigenvalue weighted by molar-refractivity contribution is -0.696. The molecule has 0 saturated carbocycles. The molecule has 0 amide bonds. The molecule has 0 aliphatic rings. The first-order chi connectivity index (χ1) is 10.2. The highest BCUT2D eigenvalue weighted by atomic mass is 16.6. The summed E-state index contributed by atoms with van der Waals surface area (Å²) in [6.07, 6.45) is 4.98. The van der Waals surface area contributed by atoms with Crippen molar-refractivity contribution in [2.24, 2.45) is 0 Å². The molecule has 0 aliphatic heterocycles. The number of oxazole rings is 1. The second kappa shape index (κ2) is 5.32. The van der Waals surface area contributed by atoms with Crippen LogP contribution >= 0.6 is 0 Å². The number of pyridine rings is 1. The smallest absolute Gasteiger partial charge is 0.273 e. The maximum Gasteiger partial charge on any atom is 0.273 e. The molecule has 0 bridgehead atoms. The van der Waals surface area contributed by atoms with E-state index < -0.39 is 4.92 Å². The van der Waals surface area contributed by atoms with Gasteiger partial charge >= 0.3 is 0 Å². The zero-order chi connectivity index (χ0) is 14.8. The van der Waals surface area contributed by atoms with Gasteiger partial charge in [-0.15, -0.1) is 0 Å². The Hall–Kier alpha value is -2.76. The Morgan fingerprint density at radius 1 is 1.38 bits per heavy atom. The average molecular weight is 284 g/mol. The van der Waals surface area contributed by atoms with E-state index in [1.165, 1.54) is 12.1 Å². The molecule has 106 valence electrons. The fraction of sp³-hybridized carbons (Fsp3) is 0.200. The van der Waals surface area contributed by atoms with Crippen molar-refractivity contribution in [1.29, 1.82) is 0 Å². The van der Waals surface area contributed by atoms with Crippen LogP contribution in [0.15, 0.2) is 47.1 Å². The van der Waals surface area contributed by atoms with Crippen LogP contribution in [0.3, 0.4) is 0 Å². The van der Waals surface area contributed by atoms with Crippen molar-refractivity contribution in [3.8, 4) is 11.5 Å². The molecule has 0 spiro atoms. The zero-order valence-electron chi connectivity index (χ0n) is 11.5. The Morgan fingerprint density at radius 3 is 3.00 bits per heavy atom. The van der Waals surface area contributed by atoms with Crippen molar-refractivity contribution in [1.82, 2.24) is 4.98 Å². The summed E-state index contributed by atoms with van der Waals surface area (Å²) in [5.74, 6) is 0.468. The molecule has 0 aliphatic carbocycles. The molecule has 0 N–H and O–H groups in total. The van der Waals surface area contributed by atoms with Gasteiger partial charge in [-0.05, 0) is 12.1 Å². The van der Waals surface area contributed by atoms with Gasteiger partial charge in [-0.1, -0.05) is 6.92 Å². The molecule has 3 rings (SSSR count). The summed E-state index contributed by atoms with van der Waals surface area (Å²) in [5.41, 5.74) is 1.88. The topological polar surface area (TPSA) is 73.0 Å². The molecule has 0 saturated heterocycles. The third kappa shape index (κ3) is 2.60. The van der Waals surface area contributed by atoms with Crippen molar-refractivity contribution < 1.29 is 13.9 Å². The van der Waals surface area contributed by atoms with Crippen LogP contribution in [0.5, 0.6) is 0 Å². The fourth-order valence-electron chi connectivity index (χ4n) is 2.20. The molecule has 0 radical (unpaired) electrons. The summed E-state index contributed by atoms with van der Waals surface area (Å²) in [4.78, 5) is 14.7. The highest BCUT2D eigenvalue weighted by Crippen LogP contribution is 2.26. The van der Waals surface area contributed by atoms with Gasteiger partial charge in [-0.25, -0.2) is 9.55 Å². The number of aromatic nitrogens is 2. The molecule has 2 heterocycles. The predicted octanol–water partition coefficient (Wildman–Crippen LogP) is 3.10. The average Bonchev–Trinajstić information content (AvgIpc) is 2.91. The first kappa shape index (κ1) is 13.2. The summed E-state index contributed by atoms with van der Waals surface area (Å²) < 4.78 is 7.71. The number of nitro benzene ring substituents is 1. The van der Waals surface area contributed by atoms with Crippen LogP contribution in [-0.2, 0) is 6.54 Å². The molecule has 0 atom stereocenters. The number of aryl methyl sites for hydroxylation is 1. The minimum absolute atomic E-state index is 0.000640. The highest BCUT2D eigenvalue weighted by molar-refractivity contribution is 5.78. The lowest BCUT2D eigenvalue weighted by Crippen LogP contribution is -2.32. The summed E-state index contributed by atoms with van der Waals surface area (Å²) in [5, 5.41) is 10.8. The van der Waals surface area contributed by atoms with Gasteiger partial charge in [-0.2, -0.15) is 0 Å². The van der Waals surface area contributed by atoms with Crippen molar-refractivity contribution in [2.75, 3.05) is 0 Å². The van der Waals surface area contributed by atoms with Crippen LogP contribution in [0.2, 0.25) is 0 Å². The zero-order valence-corrected chi connectivity index (χ0v) is 11.5. The van der Waals surface area contributed by atoms with E-state index in [0.717, 1.165) is 18.5 Å². The van der Waals surface area contributed by atoms with E-state index in [-0.39, 0.29) is 5.69 Å². The maximum absolute atomic E-state index is 10.8. The van der Waals surface area contributed by atoms with Gasteiger partial charge in [0.2, 0.25) is 5.89 Å². The fourth-order valence-corrected chi connectivity index (χ4v) is 2.20. The second-order valence-corrected chi connectivity index (χ2v) is 4.76. The molecular formula is C15H14N3O3+. The summed E-state index contributed by atoms with van der Waals surface area (Å²) in [7, 11) is 0. The normalized spacial score (nSPS) is 10.9. The van der Waals surface area contributed by atoms with E-state index in [0.29, 0.717) is 17.0 Å². The first-order valence-corrected chi connectivity index (χ1v) is 6.72. The molecule has 6 nitrogen and oxygen atoms in total. The molecule has 0 fully saturated rings. The van der Waals surface area contributed by atoms with Gasteiger partial charge in [0.1, 0.15) is 17.6 Å². The lowest BCUT2D eigenvalue weighted by atomic mass is 10.3. The third-order valence-corrected chi connectivity index (χ3v) is 3.17. The van der Waals surface area contributed by atoms with Crippen LogP contribution in [0.25, 0.3) is 22.6 Å². The number of non-ortho nitro benzene ring substituents is 1. The van der Waals surface area contributed by atoms with Crippen molar-refractivity contribution >= 4 is 16.8 Å². The number of benzene rings is 1. The van der Waals surface area contributed by atoms with Crippen LogP contribution in [-0.4, -0.2) is 9.91 Å². The quantitative estimate of drug-likeness (QED) is 0.419. The number of hydrogen-bond acceptors (Lipinski definition) is 4. The second-order valence-electron chi connectivity index (χ2n) is 4.76. The molecule has 1 aromatic carbocycles. The van der Waals surface area contributed by atoms with Crippen LogP contribution < -0.4 is 4.57 Å². The molecule has 2 aromatic heterocycles. The number of nitrogens with zero attached hydrogens (tertiary/aromatic N) is 3. The predicted molar refractivity (Wildman–Crippen MR) is 76.6 cm³/mol. The molecule has 3 aromatic rings. The Labute approximate surface area is 120 Å². The Balaban J connectivity index is 2.04. The monoisotopic (exact) mass is 284 g/mol. The van der Waals surface area contributed by atoms with E-state index >= 15 is 0 Å². The number of hydrogen-bond donors (Lipinski definition) is 0. The van der Waals surface area contributed by atoms with Gasteiger partial charge in [0.25, 0.3) is 5.69 Å². The first-order valence-electron chi connectivity index (χ1n) is 6.72. The van der Waals surface area contributed by atoms with E-state index in [2.05, 4.69) is 16.5 Å². The maximum atomic E-state index is 10.8. The van der Waals surface area contributed by atoms with Crippen molar-refractivity contribution in [2.45, 2.75) is 19.9 Å². The van der Waals surface area contributed by atoms with Gasteiger partial charge in [-0.3, -0.25) is 10.1 Å². The molecular weight excluding hydrogens is 270 g/mol. The van der Waals surface area contributed by atoms with E-state index in [4.69, 9.17) is 4.42 Å². The van der Waals surface area contributed by atoms with Gasteiger partial charge in [0.05, 0.1) is 11.0 Å². The van der Waals surface area contributed by atoms with Crippen LogP contribution in [0, 0.1) is 10.1 Å². The molecule has 6 heteroatoms. The van der Waals surface area contributed by atoms with E-state index in [9.17, 15) is 10.1 Å². The van der Waals surface area contributed by atoms with E-state index in [1.807, 2.05) is 24.5 Å².